The second kappa shape index (κ2) is 5.42. The minimum atomic E-state index is -0.703. The van der Waals surface area contributed by atoms with Gasteiger partial charge in [0.15, 0.2) is 0 Å². The number of fused-ring (bicyclic) bond motifs is 3. The number of nitriles is 1. The SMILES string of the molecule is CCc1c(C#N)c(C(=O)ON)c2c([nH]c3ccccc32)c1P. The van der Waals surface area contributed by atoms with E-state index in [0.717, 1.165) is 27.3 Å². The molecule has 1 aromatic heterocycles. The van der Waals surface area contributed by atoms with Crippen molar-refractivity contribution in [3.8, 4) is 6.07 Å². The lowest BCUT2D eigenvalue weighted by atomic mass is 9.95. The zero-order valence-corrected chi connectivity index (χ0v) is 13.1. The van der Waals surface area contributed by atoms with Gasteiger partial charge in [0.25, 0.3) is 0 Å². The molecule has 0 radical (unpaired) electrons. The number of hydrogen-bond donors (Lipinski definition) is 2. The van der Waals surface area contributed by atoms with E-state index in [4.69, 9.17) is 5.90 Å². The number of H-pyrrole nitrogens is 1. The molecule has 3 rings (SSSR count). The van der Waals surface area contributed by atoms with Crippen LogP contribution in [0, 0.1) is 11.3 Å². The highest BCUT2D eigenvalue weighted by Crippen LogP contribution is 2.32. The molecule has 2 aromatic carbocycles. The lowest BCUT2D eigenvalue weighted by molar-refractivity contribution is 0.0505. The number of carbonyl (C=O) groups is 1. The first kappa shape index (κ1) is 14.5. The third-order valence-electron chi connectivity index (χ3n) is 3.88. The Balaban J connectivity index is 2.64. The van der Waals surface area contributed by atoms with Crippen LogP contribution in [0.4, 0.5) is 0 Å². The fraction of sp³-hybridized carbons (Fsp3) is 0.125. The summed E-state index contributed by atoms with van der Waals surface area (Å²) in [5.74, 6) is 4.38. The molecule has 0 amide bonds. The van der Waals surface area contributed by atoms with E-state index < -0.39 is 5.97 Å². The van der Waals surface area contributed by atoms with Gasteiger partial charge in [-0.2, -0.15) is 11.2 Å². The standard InChI is InChI=1S/C16H14N3O2P/c1-2-8-10(7-17)13(16(20)21-18)12-9-5-3-4-6-11(9)19-14(12)15(8)22/h3-6,19H,2,18,22H2,1H3. The Kier molecular flexibility index (Phi) is 3.58. The van der Waals surface area contributed by atoms with E-state index in [1.54, 1.807) is 0 Å². The van der Waals surface area contributed by atoms with Crippen LogP contribution in [0.3, 0.4) is 0 Å². The number of nitrogens with one attached hydrogen (secondary N) is 1. The van der Waals surface area contributed by atoms with E-state index in [-0.39, 0.29) is 5.56 Å². The number of hydrogen-bond acceptors (Lipinski definition) is 4. The molecule has 0 aliphatic heterocycles. The normalized spacial score (nSPS) is 10.8. The van der Waals surface area contributed by atoms with Crippen molar-refractivity contribution >= 4 is 42.3 Å². The number of aromatic amines is 1. The summed E-state index contributed by atoms with van der Waals surface area (Å²) in [6, 6.07) is 9.75. The van der Waals surface area contributed by atoms with Crippen LogP contribution in [-0.4, -0.2) is 11.0 Å². The molecule has 0 aliphatic carbocycles. The van der Waals surface area contributed by atoms with Crippen molar-refractivity contribution in [3.63, 3.8) is 0 Å². The van der Waals surface area contributed by atoms with Gasteiger partial charge < -0.3 is 9.82 Å². The van der Waals surface area contributed by atoms with E-state index in [0.29, 0.717) is 17.4 Å². The summed E-state index contributed by atoms with van der Waals surface area (Å²) in [6.07, 6.45) is 0.623. The summed E-state index contributed by atoms with van der Waals surface area (Å²) >= 11 is 0. The molecular formula is C16H14N3O2P. The number of aromatic nitrogens is 1. The molecule has 5 nitrogen and oxygen atoms in total. The van der Waals surface area contributed by atoms with Gasteiger partial charge in [0.2, 0.25) is 0 Å². The molecule has 0 bridgehead atoms. The van der Waals surface area contributed by atoms with Gasteiger partial charge in [-0.05, 0) is 23.4 Å². The number of carbonyl (C=O) groups excluding carboxylic acids is 1. The first-order valence-corrected chi connectivity index (χ1v) is 7.37. The van der Waals surface area contributed by atoms with Crippen LogP contribution in [0.1, 0.15) is 28.4 Å². The van der Waals surface area contributed by atoms with E-state index in [1.165, 1.54) is 0 Å². The van der Waals surface area contributed by atoms with Crippen LogP contribution in [0.15, 0.2) is 24.3 Å². The first-order valence-electron chi connectivity index (χ1n) is 6.79. The minimum Gasteiger partial charge on any atom is -0.370 e. The highest BCUT2D eigenvalue weighted by molar-refractivity contribution is 7.28. The van der Waals surface area contributed by atoms with Gasteiger partial charge in [-0.25, -0.2) is 4.79 Å². The summed E-state index contributed by atoms with van der Waals surface area (Å²) in [7, 11) is 2.66. The molecule has 3 N–H and O–H groups in total. The smallest absolute Gasteiger partial charge is 0.358 e. The Morgan fingerprint density at radius 2 is 2.18 bits per heavy atom. The largest absolute Gasteiger partial charge is 0.370 e. The predicted molar refractivity (Wildman–Crippen MR) is 88.8 cm³/mol. The summed E-state index contributed by atoms with van der Waals surface area (Å²) in [6.45, 7) is 1.94. The summed E-state index contributed by atoms with van der Waals surface area (Å²) < 4.78 is 0. The lowest BCUT2D eigenvalue weighted by Gasteiger charge is -2.12. The Morgan fingerprint density at radius 1 is 1.45 bits per heavy atom. The zero-order valence-electron chi connectivity index (χ0n) is 11.9. The van der Waals surface area contributed by atoms with Crippen molar-refractivity contribution in [1.29, 1.82) is 5.26 Å². The minimum absolute atomic E-state index is 0.223. The fourth-order valence-electron chi connectivity index (χ4n) is 2.92. The number of para-hydroxylation sites is 1. The lowest BCUT2D eigenvalue weighted by Crippen LogP contribution is -2.17. The molecule has 1 atom stereocenters. The van der Waals surface area contributed by atoms with Crippen LogP contribution in [0.2, 0.25) is 0 Å². The van der Waals surface area contributed by atoms with Gasteiger partial charge in [-0.3, -0.25) is 0 Å². The predicted octanol–water partition coefficient (Wildman–Crippen LogP) is 2.29. The quantitative estimate of drug-likeness (QED) is 0.561. The first-order chi connectivity index (χ1) is 10.6. The van der Waals surface area contributed by atoms with Gasteiger partial charge >= 0.3 is 5.97 Å². The van der Waals surface area contributed by atoms with E-state index in [1.807, 2.05) is 31.2 Å². The van der Waals surface area contributed by atoms with E-state index in [9.17, 15) is 10.1 Å². The number of nitrogens with two attached hydrogens (primary N) is 1. The number of benzene rings is 2. The number of nitrogens with zero attached hydrogens (tertiary/aromatic N) is 1. The van der Waals surface area contributed by atoms with Gasteiger partial charge in [-0.15, -0.1) is 9.24 Å². The average Bonchev–Trinajstić information content (AvgIpc) is 2.93. The molecule has 110 valence electrons. The second-order valence-electron chi connectivity index (χ2n) is 4.93. The molecule has 0 spiro atoms. The molecular weight excluding hydrogens is 297 g/mol. The highest BCUT2D eigenvalue weighted by Gasteiger charge is 2.25. The van der Waals surface area contributed by atoms with Crippen LogP contribution in [0.25, 0.3) is 21.8 Å². The van der Waals surface area contributed by atoms with E-state index >= 15 is 0 Å². The van der Waals surface area contributed by atoms with Gasteiger partial charge in [0.05, 0.1) is 16.6 Å². The molecule has 6 heteroatoms. The molecule has 0 saturated heterocycles. The van der Waals surface area contributed by atoms with Crippen molar-refractivity contribution in [2.75, 3.05) is 0 Å². The van der Waals surface area contributed by atoms with Crippen LogP contribution < -0.4 is 11.2 Å². The van der Waals surface area contributed by atoms with Crippen LogP contribution >= 0.6 is 9.24 Å². The van der Waals surface area contributed by atoms with Gasteiger partial charge in [0.1, 0.15) is 6.07 Å². The van der Waals surface area contributed by atoms with Gasteiger partial charge in [-0.1, -0.05) is 25.1 Å². The second-order valence-corrected chi connectivity index (χ2v) is 5.51. The maximum Gasteiger partial charge on any atom is 0.358 e. The van der Waals surface area contributed by atoms with Gasteiger partial charge in [0, 0.05) is 16.3 Å². The summed E-state index contributed by atoms with van der Waals surface area (Å²) in [4.78, 5) is 20.0. The third kappa shape index (κ3) is 1.89. The number of rotatable bonds is 2. The molecule has 1 unspecified atom stereocenters. The van der Waals surface area contributed by atoms with Crippen molar-refractivity contribution in [2.24, 2.45) is 5.90 Å². The third-order valence-corrected chi connectivity index (χ3v) is 4.52. The Morgan fingerprint density at radius 3 is 2.82 bits per heavy atom. The molecule has 0 fully saturated rings. The van der Waals surface area contributed by atoms with Crippen LogP contribution in [0.5, 0.6) is 0 Å². The average molecular weight is 311 g/mol. The fourth-order valence-corrected chi connectivity index (χ4v) is 3.48. The van der Waals surface area contributed by atoms with E-state index in [2.05, 4.69) is 25.1 Å². The summed E-state index contributed by atoms with van der Waals surface area (Å²) in [5, 5.41) is 12.0. The molecule has 0 saturated carbocycles. The van der Waals surface area contributed by atoms with Crippen molar-refractivity contribution in [2.45, 2.75) is 13.3 Å². The molecule has 3 aromatic rings. The highest BCUT2D eigenvalue weighted by atomic mass is 31.0. The molecule has 0 aliphatic rings. The topological polar surface area (TPSA) is 91.9 Å². The van der Waals surface area contributed by atoms with Crippen molar-refractivity contribution < 1.29 is 9.63 Å². The monoisotopic (exact) mass is 311 g/mol. The molecule has 22 heavy (non-hydrogen) atoms. The van der Waals surface area contributed by atoms with Crippen LogP contribution in [-0.2, 0) is 11.3 Å². The zero-order chi connectivity index (χ0) is 15.9. The Labute approximate surface area is 129 Å². The Hall–Kier alpha value is -2.41. The maximum absolute atomic E-state index is 12.2. The summed E-state index contributed by atoms with van der Waals surface area (Å²) in [5.41, 5.74) is 3.04. The van der Waals surface area contributed by atoms with Crippen molar-refractivity contribution in [3.05, 3.63) is 41.0 Å². The van der Waals surface area contributed by atoms with Crippen molar-refractivity contribution in [1.82, 2.24) is 4.98 Å². The molecule has 1 heterocycles. The Bertz CT molecular complexity index is 954. The maximum atomic E-state index is 12.2.